The zero-order valence-corrected chi connectivity index (χ0v) is 19.8. The number of hydrogen-bond acceptors (Lipinski definition) is 4. The molecule has 0 saturated carbocycles. The second kappa shape index (κ2) is 13.8. The number of aryl methyl sites for hydroxylation is 1. The number of aliphatic imine (C=N–C) groups is 1. The monoisotopic (exact) mass is 505 g/mol. The van der Waals surface area contributed by atoms with Gasteiger partial charge in [0.15, 0.2) is 5.96 Å². The van der Waals surface area contributed by atoms with Gasteiger partial charge in [-0.3, -0.25) is 19.4 Å². The summed E-state index contributed by atoms with van der Waals surface area (Å²) in [6.07, 6.45) is 7.81. The zero-order chi connectivity index (χ0) is 19.5. The second-order valence-electron chi connectivity index (χ2n) is 7.09. The minimum atomic E-state index is 0. The van der Waals surface area contributed by atoms with E-state index in [1.54, 1.807) is 11.1 Å². The molecule has 1 atom stereocenters. The summed E-state index contributed by atoms with van der Waals surface area (Å²) in [4.78, 5) is 20.9. The van der Waals surface area contributed by atoms with Crippen molar-refractivity contribution in [3.05, 3.63) is 18.5 Å². The van der Waals surface area contributed by atoms with Gasteiger partial charge in [0, 0.05) is 59.2 Å². The molecule has 0 radical (unpaired) electrons. The fourth-order valence-electron chi connectivity index (χ4n) is 3.36. The van der Waals surface area contributed by atoms with Crippen LogP contribution in [0.3, 0.4) is 0 Å². The molecule has 28 heavy (non-hydrogen) atoms. The highest BCUT2D eigenvalue weighted by Crippen LogP contribution is 2.18. The SMILES string of the molecule is CCNC(=NCCCn1cccn1)NCCCN1CCCC1C(=O)N(C)C.I. The molecule has 1 aliphatic heterocycles. The van der Waals surface area contributed by atoms with Gasteiger partial charge in [0.05, 0.1) is 6.04 Å². The Labute approximate surface area is 186 Å². The van der Waals surface area contributed by atoms with Gasteiger partial charge in [-0.25, -0.2) is 0 Å². The van der Waals surface area contributed by atoms with Crippen LogP contribution in [0.25, 0.3) is 0 Å². The molecule has 0 aliphatic carbocycles. The van der Waals surface area contributed by atoms with Crippen molar-refractivity contribution in [2.75, 3.05) is 46.8 Å². The van der Waals surface area contributed by atoms with Crippen molar-refractivity contribution in [3.8, 4) is 0 Å². The lowest BCUT2D eigenvalue weighted by Gasteiger charge is -2.26. The third-order valence-corrected chi connectivity index (χ3v) is 4.72. The minimum absolute atomic E-state index is 0. The van der Waals surface area contributed by atoms with Crippen molar-refractivity contribution in [1.29, 1.82) is 0 Å². The van der Waals surface area contributed by atoms with Crippen molar-refractivity contribution < 1.29 is 4.79 Å². The van der Waals surface area contributed by atoms with Crippen molar-refractivity contribution >= 4 is 35.8 Å². The molecule has 2 heterocycles. The summed E-state index contributed by atoms with van der Waals surface area (Å²) >= 11 is 0. The van der Waals surface area contributed by atoms with Crippen LogP contribution < -0.4 is 10.6 Å². The van der Waals surface area contributed by atoms with Crippen LogP contribution in [0.5, 0.6) is 0 Å². The van der Waals surface area contributed by atoms with Gasteiger partial charge in [0.2, 0.25) is 5.91 Å². The molecule has 160 valence electrons. The van der Waals surface area contributed by atoms with Crippen molar-refractivity contribution in [3.63, 3.8) is 0 Å². The molecule has 1 unspecified atom stereocenters. The highest BCUT2D eigenvalue weighted by atomic mass is 127. The summed E-state index contributed by atoms with van der Waals surface area (Å²) in [5, 5.41) is 10.9. The number of aromatic nitrogens is 2. The number of guanidine groups is 1. The fraction of sp³-hybridized carbons (Fsp3) is 0.737. The number of amides is 1. The molecule has 0 spiro atoms. The van der Waals surface area contributed by atoms with Crippen molar-refractivity contribution in [2.45, 2.75) is 45.2 Å². The Morgan fingerprint density at radius 1 is 1.29 bits per heavy atom. The molecule has 1 amide bonds. The van der Waals surface area contributed by atoms with Gasteiger partial charge in [0.1, 0.15) is 0 Å². The molecule has 1 aromatic heterocycles. The average molecular weight is 505 g/mol. The number of carbonyl (C=O) groups is 1. The highest BCUT2D eigenvalue weighted by molar-refractivity contribution is 14.0. The van der Waals surface area contributed by atoms with Gasteiger partial charge >= 0.3 is 0 Å². The van der Waals surface area contributed by atoms with Crippen molar-refractivity contribution in [2.24, 2.45) is 4.99 Å². The Kier molecular flexibility index (Phi) is 12.1. The van der Waals surface area contributed by atoms with Crippen LogP contribution in [0.1, 0.15) is 32.6 Å². The van der Waals surface area contributed by atoms with Crippen LogP contribution in [0.2, 0.25) is 0 Å². The topological polar surface area (TPSA) is 77.8 Å². The first-order valence-corrected chi connectivity index (χ1v) is 10.1. The second-order valence-corrected chi connectivity index (χ2v) is 7.09. The lowest BCUT2D eigenvalue weighted by molar-refractivity contribution is -0.133. The summed E-state index contributed by atoms with van der Waals surface area (Å²) in [6.45, 7) is 7.37. The number of likely N-dealkylation sites (tertiary alicyclic amines) is 1. The smallest absolute Gasteiger partial charge is 0.239 e. The number of halogens is 1. The quantitative estimate of drug-likeness (QED) is 0.218. The Morgan fingerprint density at radius 3 is 2.79 bits per heavy atom. The molecular formula is C19H36IN7O. The standard InChI is InChI=1S/C19H35N7O.HI/c1-4-20-19(22-11-7-15-26-16-8-12-23-26)21-10-6-14-25-13-5-9-17(25)18(27)24(2)3;/h8,12,16-17H,4-7,9-11,13-15H2,1-3H3,(H2,20,21,22);1H. The van der Waals surface area contributed by atoms with Gasteiger partial charge < -0.3 is 15.5 Å². The number of nitrogens with zero attached hydrogens (tertiary/aromatic N) is 5. The van der Waals surface area contributed by atoms with Crippen molar-refractivity contribution in [1.82, 2.24) is 30.2 Å². The van der Waals surface area contributed by atoms with Crippen LogP contribution in [0.15, 0.2) is 23.5 Å². The zero-order valence-electron chi connectivity index (χ0n) is 17.4. The lowest BCUT2D eigenvalue weighted by atomic mass is 10.2. The predicted octanol–water partition coefficient (Wildman–Crippen LogP) is 1.39. The number of carbonyl (C=O) groups excluding carboxylic acids is 1. The Bertz CT molecular complexity index is 577. The van der Waals surface area contributed by atoms with Gasteiger partial charge in [-0.05, 0) is 45.2 Å². The van der Waals surface area contributed by atoms with Gasteiger partial charge in [-0.15, -0.1) is 24.0 Å². The maximum atomic E-state index is 12.2. The maximum absolute atomic E-state index is 12.2. The van der Waals surface area contributed by atoms with Crippen LogP contribution in [-0.2, 0) is 11.3 Å². The van der Waals surface area contributed by atoms with Crippen LogP contribution >= 0.6 is 24.0 Å². The lowest BCUT2D eigenvalue weighted by Crippen LogP contribution is -2.44. The van der Waals surface area contributed by atoms with E-state index in [2.05, 4.69) is 32.5 Å². The Hall–Kier alpha value is -1.36. The van der Waals surface area contributed by atoms with Crippen LogP contribution in [-0.4, -0.2) is 84.3 Å². The summed E-state index contributed by atoms with van der Waals surface area (Å²) < 4.78 is 1.93. The minimum Gasteiger partial charge on any atom is -0.357 e. The summed E-state index contributed by atoms with van der Waals surface area (Å²) in [7, 11) is 3.68. The van der Waals surface area contributed by atoms with E-state index in [0.717, 1.165) is 70.9 Å². The molecule has 1 saturated heterocycles. The number of nitrogens with one attached hydrogen (secondary N) is 2. The number of hydrogen-bond donors (Lipinski definition) is 2. The van der Waals surface area contributed by atoms with E-state index in [1.165, 1.54) is 0 Å². The first-order valence-electron chi connectivity index (χ1n) is 10.1. The molecular weight excluding hydrogens is 469 g/mol. The molecule has 0 bridgehead atoms. The maximum Gasteiger partial charge on any atom is 0.239 e. The van der Waals surface area contributed by atoms with E-state index in [1.807, 2.05) is 31.0 Å². The van der Waals surface area contributed by atoms with E-state index in [9.17, 15) is 4.79 Å². The number of rotatable bonds is 10. The fourth-order valence-corrected chi connectivity index (χ4v) is 3.36. The highest BCUT2D eigenvalue weighted by Gasteiger charge is 2.30. The molecule has 9 heteroatoms. The van der Waals surface area contributed by atoms with E-state index in [4.69, 9.17) is 0 Å². The van der Waals surface area contributed by atoms with E-state index < -0.39 is 0 Å². The average Bonchev–Trinajstić information content (AvgIpc) is 3.33. The molecule has 2 N–H and O–H groups in total. The Balaban J connectivity index is 0.00000392. The van der Waals surface area contributed by atoms with E-state index >= 15 is 0 Å². The first kappa shape index (κ1) is 24.7. The van der Waals surface area contributed by atoms with Gasteiger partial charge in [-0.1, -0.05) is 0 Å². The molecule has 0 aromatic carbocycles. The summed E-state index contributed by atoms with van der Waals surface area (Å²) in [5.41, 5.74) is 0. The molecule has 8 nitrogen and oxygen atoms in total. The molecule has 1 aromatic rings. The van der Waals surface area contributed by atoms with E-state index in [0.29, 0.717) is 0 Å². The van der Waals surface area contributed by atoms with Gasteiger partial charge in [0.25, 0.3) is 0 Å². The summed E-state index contributed by atoms with van der Waals surface area (Å²) in [5.74, 6) is 1.09. The third-order valence-electron chi connectivity index (χ3n) is 4.72. The number of likely N-dealkylation sites (N-methyl/N-ethyl adjacent to an activating group) is 1. The predicted molar refractivity (Wildman–Crippen MR) is 124 cm³/mol. The van der Waals surface area contributed by atoms with Gasteiger partial charge in [-0.2, -0.15) is 5.10 Å². The van der Waals surface area contributed by atoms with Crippen LogP contribution in [0, 0.1) is 0 Å². The van der Waals surface area contributed by atoms with Crippen LogP contribution in [0.4, 0.5) is 0 Å². The van der Waals surface area contributed by atoms with E-state index in [-0.39, 0.29) is 35.9 Å². The Morgan fingerprint density at radius 2 is 2.11 bits per heavy atom. The normalized spacial score (nSPS) is 17.2. The largest absolute Gasteiger partial charge is 0.357 e. The summed E-state index contributed by atoms with van der Waals surface area (Å²) in [6, 6.07) is 2.00. The molecule has 1 aliphatic rings. The third kappa shape index (κ3) is 8.34. The first-order chi connectivity index (χ1) is 13.1. The molecule has 2 rings (SSSR count). The molecule has 1 fully saturated rings.